The van der Waals surface area contributed by atoms with Gasteiger partial charge in [0.2, 0.25) is 0 Å². The van der Waals surface area contributed by atoms with Gasteiger partial charge < -0.3 is 0 Å². The Balaban J connectivity index is 3.73. The fourth-order valence-corrected chi connectivity index (χ4v) is 1.62. The Morgan fingerprint density at radius 1 is 1.20 bits per heavy atom. The zero-order valence-electron chi connectivity index (χ0n) is 11.0. The van der Waals surface area contributed by atoms with Crippen molar-refractivity contribution in [3.63, 3.8) is 0 Å². The molecule has 0 saturated carbocycles. The normalized spacial score (nSPS) is 12.2. The van der Waals surface area contributed by atoms with Gasteiger partial charge in [-0.1, -0.05) is 31.1 Å². The fourth-order valence-electron chi connectivity index (χ4n) is 1.62. The van der Waals surface area contributed by atoms with E-state index in [1.807, 2.05) is 0 Å². The van der Waals surface area contributed by atoms with E-state index in [-0.39, 0.29) is 0 Å². The maximum atomic E-state index is 3.92. The molecule has 0 aromatic heterocycles. The molecule has 88 valence electrons. The van der Waals surface area contributed by atoms with Crippen molar-refractivity contribution in [3.8, 4) is 0 Å². The second-order valence-corrected chi connectivity index (χ2v) is 4.36. The zero-order chi connectivity index (χ0) is 11.7. The summed E-state index contributed by atoms with van der Waals surface area (Å²) in [6, 6.07) is 0. The summed E-state index contributed by atoms with van der Waals surface area (Å²) in [5.41, 5.74) is 2.80. The lowest BCUT2D eigenvalue weighted by atomic mass is 10.1. The van der Waals surface area contributed by atoms with Gasteiger partial charge in [0.15, 0.2) is 0 Å². The Hall–Kier alpha value is -0.560. The van der Waals surface area contributed by atoms with Crippen molar-refractivity contribution in [2.75, 3.05) is 19.6 Å². The number of hydrogen-bond acceptors (Lipinski definition) is 1. The molecule has 1 heteroatoms. The van der Waals surface area contributed by atoms with E-state index in [1.54, 1.807) is 0 Å². The smallest absolute Gasteiger partial charge is 0.0189 e. The first kappa shape index (κ1) is 14.4. The molecule has 0 saturated heterocycles. The third kappa shape index (κ3) is 8.44. The van der Waals surface area contributed by atoms with Crippen LogP contribution in [0.1, 0.15) is 47.0 Å². The van der Waals surface area contributed by atoms with Gasteiger partial charge in [-0.15, -0.1) is 6.58 Å². The highest BCUT2D eigenvalue weighted by molar-refractivity contribution is 5.01. The summed E-state index contributed by atoms with van der Waals surface area (Å²) in [5, 5.41) is 0. The average molecular weight is 209 g/mol. The molecule has 0 rings (SSSR count). The van der Waals surface area contributed by atoms with Crippen LogP contribution in [0.2, 0.25) is 0 Å². The van der Waals surface area contributed by atoms with Crippen molar-refractivity contribution in [2.24, 2.45) is 0 Å². The van der Waals surface area contributed by atoms with Crippen LogP contribution in [0.15, 0.2) is 23.8 Å². The van der Waals surface area contributed by atoms with E-state index in [4.69, 9.17) is 0 Å². The van der Waals surface area contributed by atoms with Gasteiger partial charge in [-0.05, 0) is 46.2 Å². The Morgan fingerprint density at radius 2 is 1.80 bits per heavy atom. The molecule has 0 spiro atoms. The van der Waals surface area contributed by atoms with Crippen LogP contribution < -0.4 is 0 Å². The highest BCUT2D eigenvalue weighted by Gasteiger charge is 1.98. The van der Waals surface area contributed by atoms with Crippen molar-refractivity contribution >= 4 is 0 Å². The standard InChI is InChI=1S/C14H27N/c1-6-15(7-2)12-14(5)11-9-8-10-13(3)4/h11H,3,6-10,12H2,1-2,4-5H3/b14-11+. The van der Waals surface area contributed by atoms with Crippen LogP contribution in [0, 0.1) is 0 Å². The van der Waals surface area contributed by atoms with Crippen LogP contribution in [-0.4, -0.2) is 24.5 Å². The van der Waals surface area contributed by atoms with E-state index in [0.717, 1.165) is 26.1 Å². The van der Waals surface area contributed by atoms with Gasteiger partial charge in [0.05, 0.1) is 0 Å². The lowest BCUT2D eigenvalue weighted by Gasteiger charge is -2.18. The van der Waals surface area contributed by atoms with Crippen molar-refractivity contribution < 1.29 is 0 Å². The molecular formula is C14H27N. The topological polar surface area (TPSA) is 3.24 Å². The third-order valence-corrected chi connectivity index (χ3v) is 2.67. The van der Waals surface area contributed by atoms with E-state index in [1.165, 1.54) is 24.0 Å². The van der Waals surface area contributed by atoms with Crippen molar-refractivity contribution in [3.05, 3.63) is 23.8 Å². The molecule has 0 N–H and O–H groups in total. The summed E-state index contributed by atoms with van der Waals surface area (Å²) in [4.78, 5) is 2.45. The predicted octanol–water partition coefficient (Wildman–Crippen LogP) is 4.02. The molecular weight excluding hydrogens is 182 g/mol. The first-order chi connectivity index (χ1) is 7.10. The SMILES string of the molecule is C=C(C)CCC/C=C(\C)CN(CC)CC. The second-order valence-electron chi connectivity index (χ2n) is 4.36. The van der Waals surface area contributed by atoms with Gasteiger partial charge in [0, 0.05) is 6.54 Å². The minimum absolute atomic E-state index is 1.13. The molecule has 0 radical (unpaired) electrons. The molecule has 0 aromatic carbocycles. The molecule has 0 aliphatic carbocycles. The molecule has 0 aliphatic heterocycles. The maximum Gasteiger partial charge on any atom is 0.0189 e. The van der Waals surface area contributed by atoms with Gasteiger partial charge in [0.1, 0.15) is 0 Å². The lowest BCUT2D eigenvalue weighted by molar-refractivity contribution is 0.329. The van der Waals surface area contributed by atoms with Gasteiger partial charge in [-0.3, -0.25) is 4.90 Å². The van der Waals surface area contributed by atoms with Gasteiger partial charge in [-0.25, -0.2) is 0 Å². The number of nitrogens with zero attached hydrogens (tertiary/aromatic N) is 1. The Morgan fingerprint density at radius 3 is 2.27 bits per heavy atom. The third-order valence-electron chi connectivity index (χ3n) is 2.67. The van der Waals surface area contributed by atoms with E-state index in [0.29, 0.717) is 0 Å². The second kappa shape index (κ2) is 8.72. The van der Waals surface area contributed by atoms with Crippen molar-refractivity contribution in [2.45, 2.75) is 47.0 Å². The van der Waals surface area contributed by atoms with Gasteiger partial charge in [0.25, 0.3) is 0 Å². The number of likely N-dealkylation sites (N-methyl/N-ethyl adjacent to an activating group) is 1. The summed E-state index contributed by atoms with van der Waals surface area (Å²) in [6.45, 7) is 16.1. The molecule has 15 heavy (non-hydrogen) atoms. The molecule has 1 nitrogen and oxygen atoms in total. The first-order valence-corrected chi connectivity index (χ1v) is 6.12. The largest absolute Gasteiger partial charge is 0.300 e. The molecule has 0 bridgehead atoms. The Kier molecular flexibility index (Phi) is 8.40. The van der Waals surface area contributed by atoms with Gasteiger partial charge in [-0.2, -0.15) is 0 Å². The summed E-state index contributed by atoms with van der Waals surface area (Å²) in [6.07, 6.45) is 5.97. The quantitative estimate of drug-likeness (QED) is 0.431. The zero-order valence-corrected chi connectivity index (χ0v) is 11.0. The van der Waals surface area contributed by atoms with E-state index < -0.39 is 0 Å². The maximum absolute atomic E-state index is 3.92. The molecule has 0 amide bonds. The molecule has 0 aromatic rings. The first-order valence-electron chi connectivity index (χ1n) is 6.12. The predicted molar refractivity (Wildman–Crippen MR) is 70.2 cm³/mol. The molecule has 0 unspecified atom stereocenters. The van der Waals surface area contributed by atoms with Crippen LogP contribution in [0.3, 0.4) is 0 Å². The van der Waals surface area contributed by atoms with Crippen LogP contribution in [0.4, 0.5) is 0 Å². The van der Waals surface area contributed by atoms with Gasteiger partial charge >= 0.3 is 0 Å². The van der Waals surface area contributed by atoms with Crippen molar-refractivity contribution in [1.82, 2.24) is 4.90 Å². The summed E-state index contributed by atoms with van der Waals surface area (Å²) >= 11 is 0. The Bertz CT molecular complexity index is 199. The van der Waals surface area contributed by atoms with E-state index >= 15 is 0 Å². The fraction of sp³-hybridized carbons (Fsp3) is 0.714. The molecule has 0 atom stereocenters. The molecule has 0 fully saturated rings. The average Bonchev–Trinajstić information content (AvgIpc) is 2.20. The van der Waals surface area contributed by atoms with Crippen LogP contribution >= 0.6 is 0 Å². The van der Waals surface area contributed by atoms with Crippen LogP contribution in [0.5, 0.6) is 0 Å². The number of rotatable bonds is 8. The summed E-state index contributed by atoms with van der Waals surface area (Å²) < 4.78 is 0. The highest BCUT2D eigenvalue weighted by atomic mass is 15.1. The highest BCUT2D eigenvalue weighted by Crippen LogP contribution is 2.07. The summed E-state index contributed by atoms with van der Waals surface area (Å²) in [5.74, 6) is 0. The minimum Gasteiger partial charge on any atom is -0.300 e. The number of unbranched alkanes of at least 4 members (excludes halogenated alkanes) is 1. The monoisotopic (exact) mass is 209 g/mol. The van der Waals surface area contributed by atoms with Crippen LogP contribution in [-0.2, 0) is 0 Å². The molecule has 0 heterocycles. The molecule has 0 aliphatic rings. The van der Waals surface area contributed by atoms with E-state index in [9.17, 15) is 0 Å². The minimum atomic E-state index is 1.13. The number of hydrogen-bond donors (Lipinski definition) is 0. The van der Waals surface area contributed by atoms with Crippen molar-refractivity contribution in [1.29, 1.82) is 0 Å². The van der Waals surface area contributed by atoms with Crippen LogP contribution in [0.25, 0.3) is 0 Å². The van der Waals surface area contributed by atoms with E-state index in [2.05, 4.69) is 45.2 Å². The number of allylic oxidation sites excluding steroid dienone is 2. The summed E-state index contributed by atoms with van der Waals surface area (Å²) in [7, 11) is 0. The Labute approximate surface area is 95.9 Å². The lowest BCUT2D eigenvalue weighted by Crippen LogP contribution is -2.24.